The van der Waals surface area contributed by atoms with Gasteiger partial charge in [-0.05, 0) is 83.4 Å². The lowest BCUT2D eigenvalue weighted by Crippen LogP contribution is -2.56. The van der Waals surface area contributed by atoms with Crippen LogP contribution in [0.1, 0.15) is 11.3 Å². The molecule has 9 aromatic rings. The Kier molecular flexibility index (Phi) is 6.18. The molecule has 0 atom stereocenters. The topological polar surface area (TPSA) is 13.1 Å². The van der Waals surface area contributed by atoms with Gasteiger partial charge in [-0.25, -0.2) is 0 Å². The zero-order chi connectivity index (χ0) is 34.5. The standard InChI is InChI=1S/C48H34BN3/c1-31-32(2)50(40-26-14-12-23-36(31)40)42-30-29-38-37-24-16-28-43-46(37)49(39-25-13-15-27-41(39)51(43)35-21-10-5-11-22-35)52-47(34-19-8-4-9-20-34)44(45(42)48(38)52)33-17-6-3-7-18-33/h3-30H,1-2H3. The molecule has 2 aliphatic heterocycles. The average molecular weight is 664 g/mol. The molecule has 0 saturated carbocycles. The van der Waals surface area contributed by atoms with E-state index >= 15 is 0 Å². The first-order valence-electron chi connectivity index (χ1n) is 18.2. The van der Waals surface area contributed by atoms with Gasteiger partial charge >= 0.3 is 6.85 Å². The molecular formula is C48H34BN3. The number of aromatic nitrogens is 2. The molecule has 244 valence electrons. The molecule has 0 fully saturated rings. The largest absolute Gasteiger partial charge is 0.375 e. The molecule has 3 nitrogen and oxygen atoms in total. The minimum atomic E-state index is -0.0375. The third-order valence-electron chi connectivity index (χ3n) is 11.5. The fourth-order valence-electron chi connectivity index (χ4n) is 9.30. The van der Waals surface area contributed by atoms with Crippen molar-refractivity contribution in [2.24, 2.45) is 0 Å². The third-order valence-corrected chi connectivity index (χ3v) is 11.5. The lowest BCUT2D eigenvalue weighted by Gasteiger charge is -2.40. The molecule has 4 heterocycles. The minimum absolute atomic E-state index is 0.0375. The van der Waals surface area contributed by atoms with E-state index < -0.39 is 0 Å². The Balaban J connectivity index is 1.36. The van der Waals surface area contributed by atoms with E-state index in [4.69, 9.17) is 0 Å². The Hall–Kier alpha value is -6.52. The molecule has 11 rings (SSSR count). The highest BCUT2D eigenvalue weighted by molar-refractivity contribution is 6.89. The van der Waals surface area contributed by atoms with Gasteiger partial charge in [0.1, 0.15) is 0 Å². The van der Waals surface area contributed by atoms with Gasteiger partial charge in [0.05, 0.1) is 11.2 Å². The van der Waals surface area contributed by atoms with Crippen LogP contribution in [0.2, 0.25) is 0 Å². The number of para-hydroxylation sites is 3. The van der Waals surface area contributed by atoms with Crippen molar-refractivity contribution in [3.05, 3.63) is 181 Å². The number of benzene rings is 7. The van der Waals surface area contributed by atoms with E-state index in [1.54, 1.807) is 0 Å². The van der Waals surface area contributed by atoms with Crippen LogP contribution in [0.3, 0.4) is 0 Å². The molecule has 0 N–H and O–H groups in total. The molecule has 0 unspecified atom stereocenters. The maximum atomic E-state index is 2.70. The van der Waals surface area contributed by atoms with Gasteiger partial charge in [0.2, 0.25) is 0 Å². The summed E-state index contributed by atoms with van der Waals surface area (Å²) >= 11 is 0. The highest BCUT2D eigenvalue weighted by atomic mass is 15.2. The van der Waals surface area contributed by atoms with E-state index in [0.717, 1.165) is 0 Å². The summed E-state index contributed by atoms with van der Waals surface area (Å²) in [5.41, 5.74) is 20.1. The Morgan fingerprint density at radius 3 is 1.94 bits per heavy atom. The maximum Gasteiger partial charge on any atom is 0.333 e. The number of anilines is 3. The lowest BCUT2D eigenvalue weighted by molar-refractivity contribution is 1.05. The van der Waals surface area contributed by atoms with Crippen LogP contribution in [0.5, 0.6) is 0 Å². The molecule has 52 heavy (non-hydrogen) atoms. The highest BCUT2D eigenvalue weighted by Gasteiger charge is 2.44. The van der Waals surface area contributed by atoms with Crippen molar-refractivity contribution < 1.29 is 0 Å². The molecule has 0 aliphatic carbocycles. The first kappa shape index (κ1) is 29.2. The zero-order valence-corrected chi connectivity index (χ0v) is 29.1. The fraction of sp³-hybridized carbons (Fsp3) is 0.0417. The highest BCUT2D eigenvalue weighted by Crippen LogP contribution is 2.51. The van der Waals surface area contributed by atoms with E-state index in [-0.39, 0.29) is 6.85 Å². The lowest BCUT2D eigenvalue weighted by atomic mass is 9.45. The van der Waals surface area contributed by atoms with Crippen molar-refractivity contribution in [1.29, 1.82) is 0 Å². The van der Waals surface area contributed by atoms with Crippen LogP contribution in [0, 0.1) is 13.8 Å². The number of hydrogen-bond donors (Lipinski definition) is 0. The van der Waals surface area contributed by atoms with Gasteiger partial charge in [-0.2, -0.15) is 0 Å². The summed E-state index contributed by atoms with van der Waals surface area (Å²) in [7, 11) is 0. The smallest absolute Gasteiger partial charge is 0.333 e. The van der Waals surface area contributed by atoms with E-state index in [9.17, 15) is 0 Å². The van der Waals surface area contributed by atoms with Crippen molar-refractivity contribution in [3.8, 4) is 39.2 Å². The molecule has 0 bridgehead atoms. The van der Waals surface area contributed by atoms with Gasteiger partial charge in [0.15, 0.2) is 0 Å². The zero-order valence-electron chi connectivity index (χ0n) is 29.1. The van der Waals surface area contributed by atoms with E-state index in [0.29, 0.717) is 0 Å². The summed E-state index contributed by atoms with van der Waals surface area (Å²) in [6, 6.07) is 62.5. The quantitative estimate of drug-likeness (QED) is 0.171. The summed E-state index contributed by atoms with van der Waals surface area (Å²) in [5.74, 6) is 0. The molecule has 0 radical (unpaired) electrons. The van der Waals surface area contributed by atoms with Gasteiger partial charge in [0, 0.05) is 55.9 Å². The van der Waals surface area contributed by atoms with Crippen molar-refractivity contribution in [3.63, 3.8) is 0 Å². The number of aryl methyl sites for hydroxylation is 1. The van der Waals surface area contributed by atoms with Gasteiger partial charge in [-0.3, -0.25) is 0 Å². The molecule has 7 aromatic carbocycles. The number of nitrogens with zero attached hydrogens (tertiary/aromatic N) is 3. The number of fused-ring (bicyclic) bond motifs is 5. The van der Waals surface area contributed by atoms with Crippen LogP contribution >= 0.6 is 0 Å². The van der Waals surface area contributed by atoms with Crippen LogP contribution < -0.4 is 15.8 Å². The number of hydrogen-bond acceptors (Lipinski definition) is 1. The van der Waals surface area contributed by atoms with Crippen LogP contribution in [0.4, 0.5) is 17.1 Å². The molecular weight excluding hydrogens is 629 g/mol. The predicted molar refractivity (Wildman–Crippen MR) is 220 cm³/mol. The van der Waals surface area contributed by atoms with Crippen LogP contribution in [0.25, 0.3) is 61.0 Å². The second-order valence-corrected chi connectivity index (χ2v) is 14.1. The monoisotopic (exact) mass is 663 g/mol. The summed E-state index contributed by atoms with van der Waals surface area (Å²) in [6.07, 6.45) is 0. The van der Waals surface area contributed by atoms with Crippen molar-refractivity contribution in [1.82, 2.24) is 9.05 Å². The molecule has 2 aliphatic rings. The van der Waals surface area contributed by atoms with E-state index in [1.165, 1.54) is 100 Å². The minimum Gasteiger partial charge on any atom is -0.375 e. The van der Waals surface area contributed by atoms with Gasteiger partial charge in [0.25, 0.3) is 0 Å². The molecule has 0 saturated heterocycles. The summed E-state index contributed by atoms with van der Waals surface area (Å²) in [5, 5.41) is 2.58. The van der Waals surface area contributed by atoms with Crippen molar-refractivity contribution in [2.75, 3.05) is 4.90 Å². The first-order valence-corrected chi connectivity index (χ1v) is 18.2. The van der Waals surface area contributed by atoms with E-state index in [1.807, 2.05) is 0 Å². The number of rotatable bonds is 4. The summed E-state index contributed by atoms with van der Waals surface area (Å²) in [4.78, 5) is 2.46. The molecule has 4 heteroatoms. The van der Waals surface area contributed by atoms with Crippen LogP contribution in [-0.4, -0.2) is 15.9 Å². The Bertz CT molecular complexity index is 2870. The van der Waals surface area contributed by atoms with Gasteiger partial charge in [-0.1, -0.05) is 133 Å². The Morgan fingerprint density at radius 2 is 1.15 bits per heavy atom. The maximum absolute atomic E-state index is 2.70. The first-order chi connectivity index (χ1) is 25.7. The van der Waals surface area contributed by atoms with E-state index in [2.05, 4.69) is 198 Å². The summed E-state index contributed by atoms with van der Waals surface area (Å²) in [6.45, 7) is 4.50. The van der Waals surface area contributed by atoms with Crippen LogP contribution in [0.15, 0.2) is 170 Å². The SMILES string of the molecule is Cc1c(C)n(-c2ccc3c4c2c(-c2ccccc2)c(-c2ccccc2)n4B2c4ccccc4N(c4ccccc4)c4cccc-3c42)c2ccccc12. The Labute approximate surface area is 303 Å². The van der Waals surface area contributed by atoms with Gasteiger partial charge < -0.3 is 13.9 Å². The predicted octanol–water partition coefficient (Wildman–Crippen LogP) is 11.0. The fourth-order valence-corrected chi connectivity index (χ4v) is 9.30. The molecule has 0 spiro atoms. The second-order valence-electron chi connectivity index (χ2n) is 14.1. The second kappa shape index (κ2) is 11.0. The molecule has 0 amide bonds. The third kappa shape index (κ3) is 3.87. The van der Waals surface area contributed by atoms with Crippen LogP contribution in [-0.2, 0) is 0 Å². The molecule has 2 aromatic heterocycles. The van der Waals surface area contributed by atoms with Crippen molar-refractivity contribution >= 4 is 56.6 Å². The summed E-state index contributed by atoms with van der Waals surface area (Å²) < 4.78 is 5.21. The Morgan fingerprint density at radius 1 is 0.500 bits per heavy atom. The van der Waals surface area contributed by atoms with Gasteiger partial charge in [-0.15, -0.1) is 0 Å². The normalized spacial score (nSPS) is 12.7. The van der Waals surface area contributed by atoms with Crippen molar-refractivity contribution in [2.45, 2.75) is 13.8 Å². The average Bonchev–Trinajstić information content (AvgIpc) is 3.69.